The number of rotatable bonds is 9. The molecule has 1 heterocycles. The second kappa shape index (κ2) is 9.50. The van der Waals surface area contributed by atoms with Crippen LogP contribution < -0.4 is 0 Å². The first-order chi connectivity index (χ1) is 11.6. The van der Waals surface area contributed by atoms with Crippen LogP contribution in [0, 0.1) is 5.92 Å². The van der Waals surface area contributed by atoms with Crippen molar-refractivity contribution in [3.05, 3.63) is 59.7 Å². The number of benzene rings is 1. The van der Waals surface area contributed by atoms with Gasteiger partial charge < -0.3 is 4.74 Å². The fraction of sp³-hybridized carbons (Fsp3) is 0.500. The highest BCUT2D eigenvalue weighted by Crippen LogP contribution is 2.27. The second-order valence-electron chi connectivity index (χ2n) is 6.75. The van der Waals surface area contributed by atoms with Gasteiger partial charge in [0, 0.05) is 37.7 Å². The molecule has 4 heteroatoms. The van der Waals surface area contributed by atoms with E-state index in [1.165, 1.54) is 12.0 Å². The van der Waals surface area contributed by atoms with Gasteiger partial charge in [0.1, 0.15) is 6.61 Å². The molecule has 0 saturated heterocycles. The summed E-state index contributed by atoms with van der Waals surface area (Å²) < 4.78 is 5.06. The summed E-state index contributed by atoms with van der Waals surface area (Å²) in [7, 11) is 3.84. The average molecular weight is 327 g/mol. The van der Waals surface area contributed by atoms with Gasteiger partial charge in [-0.1, -0.05) is 44.2 Å². The number of methoxy groups -OCH3 is 1. The molecule has 0 aliphatic carbocycles. The maximum absolute atomic E-state index is 5.06. The van der Waals surface area contributed by atoms with E-state index in [2.05, 4.69) is 66.1 Å². The maximum atomic E-state index is 5.06. The van der Waals surface area contributed by atoms with Crippen LogP contribution in [-0.4, -0.2) is 29.0 Å². The SMILES string of the molecule is COCc1ncc(CN(C)[C@H](CCC(C)C)c2ccccc2)cn1. The minimum absolute atomic E-state index is 0.409. The Labute approximate surface area is 145 Å². The number of aromatic nitrogens is 2. The molecular weight excluding hydrogens is 298 g/mol. The summed E-state index contributed by atoms with van der Waals surface area (Å²) in [5.41, 5.74) is 2.50. The van der Waals surface area contributed by atoms with Crippen LogP contribution in [0.25, 0.3) is 0 Å². The Morgan fingerprint density at radius 1 is 1.04 bits per heavy atom. The number of nitrogens with zero attached hydrogens (tertiary/aromatic N) is 3. The molecule has 0 N–H and O–H groups in total. The van der Waals surface area contributed by atoms with Gasteiger partial charge in [0.05, 0.1) is 0 Å². The van der Waals surface area contributed by atoms with Crippen molar-refractivity contribution in [2.24, 2.45) is 5.92 Å². The summed E-state index contributed by atoms with van der Waals surface area (Å²) in [6, 6.07) is 11.2. The lowest BCUT2D eigenvalue weighted by Gasteiger charge is -2.29. The average Bonchev–Trinajstić information content (AvgIpc) is 2.58. The first-order valence-electron chi connectivity index (χ1n) is 8.64. The molecule has 0 fully saturated rings. The summed E-state index contributed by atoms with van der Waals surface area (Å²) in [6.45, 7) is 5.86. The third kappa shape index (κ3) is 5.69. The van der Waals surface area contributed by atoms with Gasteiger partial charge in [-0.15, -0.1) is 0 Å². The van der Waals surface area contributed by atoms with Crippen molar-refractivity contribution >= 4 is 0 Å². The quantitative estimate of drug-likeness (QED) is 0.691. The third-order valence-electron chi connectivity index (χ3n) is 4.20. The van der Waals surface area contributed by atoms with Crippen molar-refractivity contribution in [3.8, 4) is 0 Å². The normalized spacial score (nSPS) is 12.8. The first-order valence-corrected chi connectivity index (χ1v) is 8.64. The topological polar surface area (TPSA) is 38.2 Å². The van der Waals surface area contributed by atoms with Crippen molar-refractivity contribution in [2.75, 3.05) is 14.2 Å². The molecular formula is C20H29N3O. The lowest BCUT2D eigenvalue weighted by molar-refractivity contribution is 0.177. The highest BCUT2D eigenvalue weighted by molar-refractivity contribution is 5.19. The predicted molar refractivity (Wildman–Crippen MR) is 97.5 cm³/mol. The molecule has 0 amide bonds. The van der Waals surface area contributed by atoms with E-state index in [0.29, 0.717) is 18.6 Å². The third-order valence-corrected chi connectivity index (χ3v) is 4.20. The first kappa shape index (κ1) is 18.6. The van der Waals surface area contributed by atoms with E-state index >= 15 is 0 Å². The van der Waals surface area contributed by atoms with E-state index in [-0.39, 0.29) is 0 Å². The number of ether oxygens (including phenoxy) is 1. The molecule has 1 atom stereocenters. The zero-order valence-electron chi connectivity index (χ0n) is 15.3. The van der Waals surface area contributed by atoms with Gasteiger partial charge in [0.25, 0.3) is 0 Å². The minimum Gasteiger partial charge on any atom is -0.377 e. The van der Waals surface area contributed by atoms with Crippen LogP contribution in [0.4, 0.5) is 0 Å². The van der Waals surface area contributed by atoms with E-state index in [9.17, 15) is 0 Å². The molecule has 4 nitrogen and oxygen atoms in total. The molecule has 0 radical (unpaired) electrons. The monoisotopic (exact) mass is 327 g/mol. The Morgan fingerprint density at radius 3 is 2.29 bits per heavy atom. The van der Waals surface area contributed by atoms with Crippen LogP contribution in [0.1, 0.15) is 49.7 Å². The fourth-order valence-corrected chi connectivity index (χ4v) is 2.87. The highest BCUT2D eigenvalue weighted by Gasteiger charge is 2.17. The maximum Gasteiger partial charge on any atom is 0.153 e. The van der Waals surface area contributed by atoms with Crippen LogP contribution in [-0.2, 0) is 17.9 Å². The molecule has 0 spiro atoms. The molecule has 24 heavy (non-hydrogen) atoms. The summed E-state index contributed by atoms with van der Waals surface area (Å²) >= 11 is 0. The molecule has 1 aromatic carbocycles. The number of hydrogen-bond acceptors (Lipinski definition) is 4. The molecule has 0 unspecified atom stereocenters. The van der Waals surface area contributed by atoms with Crippen molar-refractivity contribution in [3.63, 3.8) is 0 Å². The zero-order chi connectivity index (χ0) is 17.4. The standard InChI is InChI=1S/C20H29N3O/c1-16(2)10-11-19(18-8-6-5-7-9-18)23(3)14-17-12-21-20(15-24-4)22-13-17/h5-9,12-13,16,19H,10-11,14-15H2,1-4H3/t19-/m1/s1. The van der Waals surface area contributed by atoms with Gasteiger partial charge in [-0.25, -0.2) is 9.97 Å². The van der Waals surface area contributed by atoms with Crippen molar-refractivity contribution in [1.82, 2.24) is 14.9 Å². The van der Waals surface area contributed by atoms with E-state index in [0.717, 1.165) is 24.4 Å². The molecule has 2 aromatic rings. The predicted octanol–water partition coefficient (Wildman–Crippen LogP) is 4.23. The van der Waals surface area contributed by atoms with Crippen LogP contribution in [0.15, 0.2) is 42.7 Å². The van der Waals surface area contributed by atoms with Gasteiger partial charge in [-0.05, 0) is 31.4 Å². The van der Waals surface area contributed by atoms with Crippen LogP contribution >= 0.6 is 0 Å². The summed E-state index contributed by atoms with van der Waals surface area (Å²) in [5, 5.41) is 0. The largest absolute Gasteiger partial charge is 0.377 e. The Hall–Kier alpha value is -1.78. The lowest BCUT2D eigenvalue weighted by atomic mass is 9.96. The molecule has 1 aromatic heterocycles. The van der Waals surface area contributed by atoms with Gasteiger partial charge >= 0.3 is 0 Å². The van der Waals surface area contributed by atoms with E-state index in [4.69, 9.17) is 4.74 Å². The molecule has 130 valence electrons. The van der Waals surface area contributed by atoms with Crippen molar-refractivity contribution in [2.45, 2.75) is 45.9 Å². The zero-order valence-corrected chi connectivity index (χ0v) is 15.3. The smallest absolute Gasteiger partial charge is 0.153 e. The van der Waals surface area contributed by atoms with E-state index in [1.54, 1.807) is 7.11 Å². The minimum atomic E-state index is 0.409. The van der Waals surface area contributed by atoms with Gasteiger partial charge in [0.15, 0.2) is 5.82 Å². The van der Waals surface area contributed by atoms with Crippen LogP contribution in [0.3, 0.4) is 0 Å². The molecule has 0 bridgehead atoms. The van der Waals surface area contributed by atoms with Gasteiger partial charge in [-0.3, -0.25) is 4.90 Å². The lowest BCUT2D eigenvalue weighted by Crippen LogP contribution is -2.25. The van der Waals surface area contributed by atoms with Crippen molar-refractivity contribution < 1.29 is 4.74 Å². The Balaban J connectivity index is 2.07. The Morgan fingerprint density at radius 2 is 1.71 bits per heavy atom. The molecule has 0 aliphatic rings. The number of hydrogen-bond donors (Lipinski definition) is 0. The van der Waals surface area contributed by atoms with E-state index < -0.39 is 0 Å². The van der Waals surface area contributed by atoms with Gasteiger partial charge in [-0.2, -0.15) is 0 Å². The van der Waals surface area contributed by atoms with Gasteiger partial charge in [0.2, 0.25) is 0 Å². The Kier molecular flexibility index (Phi) is 7.35. The van der Waals surface area contributed by atoms with E-state index in [1.807, 2.05) is 12.4 Å². The molecule has 0 saturated carbocycles. The summed E-state index contributed by atoms with van der Waals surface area (Å²) in [4.78, 5) is 11.1. The highest BCUT2D eigenvalue weighted by atomic mass is 16.5. The van der Waals surface area contributed by atoms with Crippen LogP contribution in [0.5, 0.6) is 0 Å². The van der Waals surface area contributed by atoms with Crippen LogP contribution in [0.2, 0.25) is 0 Å². The fourth-order valence-electron chi connectivity index (χ4n) is 2.87. The Bertz CT molecular complexity index is 584. The molecule has 2 rings (SSSR count). The summed E-state index contributed by atoms with van der Waals surface area (Å²) in [6.07, 6.45) is 6.18. The second-order valence-corrected chi connectivity index (χ2v) is 6.75. The van der Waals surface area contributed by atoms with Crippen molar-refractivity contribution in [1.29, 1.82) is 0 Å². The molecule has 0 aliphatic heterocycles. The summed E-state index contributed by atoms with van der Waals surface area (Å²) in [5.74, 6) is 1.43.